The zero-order chi connectivity index (χ0) is 18.2. The van der Waals surface area contributed by atoms with Crippen molar-refractivity contribution >= 4 is 23.1 Å². The van der Waals surface area contributed by atoms with E-state index in [1.54, 1.807) is 0 Å². The Morgan fingerprint density at radius 3 is 2.32 bits per heavy atom. The summed E-state index contributed by atoms with van der Waals surface area (Å²) in [6.45, 7) is 10.6. The minimum absolute atomic E-state index is 0.286. The fourth-order valence-corrected chi connectivity index (χ4v) is 2.70. The minimum Gasteiger partial charge on any atom is -0.492 e. The van der Waals surface area contributed by atoms with Gasteiger partial charge >= 0.3 is 6.03 Å². The van der Waals surface area contributed by atoms with Crippen LogP contribution in [0.1, 0.15) is 26.3 Å². The Morgan fingerprint density at radius 2 is 1.68 bits per heavy atom. The van der Waals surface area contributed by atoms with Crippen LogP contribution < -0.4 is 20.3 Å². The zero-order valence-electron chi connectivity index (χ0n) is 15.4. The molecule has 0 saturated carbocycles. The van der Waals surface area contributed by atoms with E-state index in [2.05, 4.69) is 35.4 Å². The molecule has 0 saturated heterocycles. The molecule has 2 rings (SSSR count). The molecule has 5 heteroatoms. The maximum Gasteiger partial charge on any atom is 0.323 e. The van der Waals surface area contributed by atoms with Gasteiger partial charge in [-0.05, 0) is 63.6 Å². The van der Waals surface area contributed by atoms with Crippen LogP contribution in [0.2, 0.25) is 0 Å². The number of nitrogens with zero attached hydrogens (tertiary/aromatic N) is 1. The lowest BCUT2D eigenvalue weighted by Gasteiger charge is -2.22. The van der Waals surface area contributed by atoms with Gasteiger partial charge in [0.1, 0.15) is 5.75 Å². The quantitative estimate of drug-likeness (QED) is 0.754. The van der Waals surface area contributed by atoms with Crippen molar-refractivity contribution in [1.82, 2.24) is 0 Å². The van der Waals surface area contributed by atoms with Crippen molar-refractivity contribution < 1.29 is 9.53 Å². The van der Waals surface area contributed by atoms with E-state index < -0.39 is 0 Å². The number of benzene rings is 2. The lowest BCUT2D eigenvalue weighted by atomic mass is 10.1. The molecule has 0 unspecified atom stereocenters. The largest absolute Gasteiger partial charge is 0.492 e. The Kier molecular flexibility index (Phi) is 6.69. The van der Waals surface area contributed by atoms with Gasteiger partial charge in [-0.3, -0.25) is 0 Å². The molecule has 2 aromatic rings. The van der Waals surface area contributed by atoms with Crippen LogP contribution in [0.25, 0.3) is 0 Å². The first-order valence-electron chi connectivity index (χ1n) is 8.74. The molecule has 0 aromatic heterocycles. The molecule has 5 nitrogen and oxygen atoms in total. The van der Waals surface area contributed by atoms with E-state index in [4.69, 9.17) is 4.74 Å². The van der Waals surface area contributed by atoms with Crippen LogP contribution in [-0.2, 0) is 0 Å². The Labute approximate surface area is 150 Å². The van der Waals surface area contributed by atoms with Crippen LogP contribution in [0.5, 0.6) is 5.75 Å². The summed E-state index contributed by atoms with van der Waals surface area (Å²) < 4.78 is 5.53. The normalized spacial score (nSPS) is 10.2. The summed E-state index contributed by atoms with van der Waals surface area (Å²) in [5, 5.41) is 5.75. The number of para-hydroxylation sites is 2. The van der Waals surface area contributed by atoms with Crippen molar-refractivity contribution in [3.8, 4) is 5.75 Å². The minimum atomic E-state index is -0.286. The molecular formula is C20H27N3O2. The number of hydrogen-bond donors (Lipinski definition) is 2. The number of carbonyl (C=O) groups excluding carboxylic acids is 1. The van der Waals surface area contributed by atoms with E-state index in [-0.39, 0.29) is 6.03 Å². The molecule has 0 fully saturated rings. The highest BCUT2D eigenvalue weighted by Gasteiger charge is 2.10. The summed E-state index contributed by atoms with van der Waals surface area (Å²) in [5.41, 5.74) is 3.63. The summed E-state index contributed by atoms with van der Waals surface area (Å²) in [6, 6.07) is 13.2. The van der Waals surface area contributed by atoms with E-state index in [9.17, 15) is 4.79 Å². The average Bonchev–Trinajstić information content (AvgIpc) is 2.60. The zero-order valence-corrected chi connectivity index (χ0v) is 15.4. The number of amides is 2. The van der Waals surface area contributed by atoms with Crippen LogP contribution >= 0.6 is 0 Å². The van der Waals surface area contributed by atoms with Crippen LogP contribution in [0, 0.1) is 6.92 Å². The van der Waals surface area contributed by atoms with E-state index in [0.717, 1.165) is 30.0 Å². The van der Waals surface area contributed by atoms with Crippen molar-refractivity contribution in [2.45, 2.75) is 27.7 Å². The van der Waals surface area contributed by atoms with Gasteiger partial charge in [-0.1, -0.05) is 12.1 Å². The third kappa shape index (κ3) is 4.89. The molecule has 0 spiro atoms. The van der Waals surface area contributed by atoms with Crippen molar-refractivity contribution in [2.75, 3.05) is 35.2 Å². The number of carbonyl (C=O) groups is 1. The third-order valence-corrected chi connectivity index (χ3v) is 4.02. The van der Waals surface area contributed by atoms with Gasteiger partial charge in [-0.15, -0.1) is 0 Å². The van der Waals surface area contributed by atoms with Crippen LogP contribution in [-0.4, -0.2) is 25.7 Å². The topological polar surface area (TPSA) is 53.6 Å². The number of ether oxygens (including phenoxy) is 1. The smallest absolute Gasteiger partial charge is 0.323 e. The summed E-state index contributed by atoms with van der Waals surface area (Å²) >= 11 is 0. The highest BCUT2D eigenvalue weighted by molar-refractivity contribution is 6.01. The number of nitrogens with one attached hydrogen (secondary N) is 2. The maximum atomic E-state index is 12.3. The molecule has 2 N–H and O–H groups in total. The Hall–Kier alpha value is -2.69. The first-order valence-corrected chi connectivity index (χ1v) is 8.74. The molecule has 0 atom stereocenters. The molecule has 2 aromatic carbocycles. The predicted molar refractivity (Wildman–Crippen MR) is 105 cm³/mol. The standard InChI is InChI=1S/C20H27N3O2/c1-5-23(6-2)16-12-13-17(15(4)14-16)21-20(24)22-18-10-8-9-11-19(18)25-7-3/h8-14H,5-7H2,1-4H3,(H2,21,22,24). The number of rotatable bonds is 7. The predicted octanol–water partition coefficient (Wildman–Crippen LogP) is 4.88. The number of aryl methyl sites for hydroxylation is 1. The average molecular weight is 341 g/mol. The number of urea groups is 1. The summed E-state index contributed by atoms with van der Waals surface area (Å²) in [7, 11) is 0. The fraction of sp³-hybridized carbons (Fsp3) is 0.350. The van der Waals surface area contributed by atoms with Gasteiger partial charge in [0, 0.05) is 24.5 Å². The Bertz CT molecular complexity index is 712. The maximum absolute atomic E-state index is 12.3. The van der Waals surface area contributed by atoms with E-state index in [0.29, 0.717) is 18.0 Å². The van der Waals surface area contributed by atoms with Gasteiger partial charge in [-0.2, -0.15) is 0 Å². The van der Waals surface area contributed by atoms with Gasteiger partial charge in [0.2, 0.25) is 0 Å². The second-order valence-electron chi connectivity index (χ2n) is 5.68. The van der Waals surface area contributed by atoms with Crippen molar-refractivity contribution in [2.24, 2.45) is 0 Å². The Morgan fingerprint density at radius 1 is 1.00 bits per heavy atom. The van der Waals surface area contributed by atoms with Crippen LogP contribution in [0.3, 0.4) is 0 Å². The SMILES string of the molecule is CCOc1ccccc1NC(=O)Nc1ccc(N(CC)CC)cc1C. The number of anilines is 3. The summed E-state index contributed by atoms with van der Waals surface area (Å²) in [6.07, 6.45) is 0. The molecule has 0 aliphatic rings. The second kappa shape index (κ2) is 8.97. The fourth-order valence-electron chi connectivity index (χ4n) is 2.70. The number of hydrogen-bond acceptors (Lipinski definition) is 3. The third-order valence-electron chi connectivity index (χ3n) is 4.02. The molecule has 0 aliphatic heterocycles. The lowest BCUT2D eigenvalue weighted by molar-refractivity contribution is 0.262. The molecule has 0 bridgehead atoms. The van der Waals surface area contributed by atoms with Gasteiger partial charge < -0.3 is 20.3 Å². The van der Waals surface area contributed by atoms with Gasteiger partial charge in [0.15, 0.2) is 0 Å². The second-order valence-corrected chi connectivity index (χ2v) is 5.68. The van der Waals surface area contributed by atoms with E-state index >= 15 is 0 Å². The van der Waals surface area contributed by atoms with E-state index in [1.807, 2.05) is 50.2 Å². The van der Waals surface area contributed by atoms with Crippen molar-refractivity contribution in [3.05, 3.63) is 48.0 Å². The van der Waals surface area contributed by atoms with Crippen molar-refractivity contribution in [1.29, 1.82) is 0 Å². The molecular weight excluding hydrogens is 314 g/mol. The molecule has 25 heavy (non-hydrogen) atoms. The highest BCUT2D eigenvalue weighted by Crippen LogP contribution is 2.25. The molecule has 0 aliphatic carbocycles. The van der Waals surface area contributed by atoms with Gasteiger partial charge in [-0.25, -0.2) is 4.79 Å². The van der Waals surface area contributed by atoms with Crippen LogP contribution in [0.4, 0.5) is 21.9 Å². The summed E-state index contributed by atoms with van der Waals surface area (Å²) in [5.74, 6) is 0.661. The molecule has 0 heterocycles. The monoisotopic (exact) mass is 341 g/mol. The van der Waals surface area contributed by atoms with Crippen LogP contribution in [0.15, 0.2) is 42.5 Å². The first-order chi connectivity index (χ1) is 12.1. The Balaban J connectivity index is 2.08. The first kappa shape index (κ1) is 18.6. The van der Waals surface area contributed by atoms with Gasteiger partial charge in [0.05, 0.1) is 12.3 Å². The summed E-state index contributed by atoms with van der Waals surface area (Å²) in [4.78, 5) is 14.6. The molecule has 2 amide bonds. The van der Waals surface area contributed by atoms with Gasteiger partial charge in [0.25, 0.3) is 0 Å². The van der Waals surface area contributed by atoms with E-state index in [1.165, 1.54) is 0 Å². The molecule has 0 radical (unpaired) electrons. The molecule has 134 valence electrons. The highest BCUT2D eigenvalue weighted by atomic mass is 16.5. The van der Waals surface area contributed by atoms with Crippen molar-refractivity contribution in [3.63, 3.8) is 0 Å². The lowest BCUT2D eigenvalue weighted by Crippen LogP contribution is -2.23.